The molecule has 0 spiro atoms. The minimum absolute atomic E-state index is 0.538. The van der Waals surface area contributed by atoms with E-state index in [9.17, 15) is 17.3 Å². The SMILES string of the molecule is CCCCC(CCCC)C(P)(CCCC)CCCC.F[B-](F)(F)F. The van der Waals surface area contributed by atoms with Gasteiger partial charge in [-0.2, -0.15) is 0 Å². The second kappa shape index (κ2) is 15.5. The number of halogens is 4. The average Bonchev–Trinajstić information content (AvgIpc) is 2.49. The summed E-state index contributed by atoms with van der Waals surface area (Å²) in [5.74, 6) is 0.940. The van der Waals surface area contributed by atoms with Gasteiger partial charge < -0.3 is 17.3 Å². The van der Waals surface area contributed by atoms with Crippen molar-refractivity contribution in [3.63, 3.8) is 0 Å². The fourth-order valence-corrected chi connectivity index (χ4v) is 3.91. The molecule has 0 saturated heterocycles. The van der Waals surface area contributed by atoms with Crippen LogP contribution in [0.5, 0.6) is 0 Å². The minimum Gasteiger partial charge on any atom is -0.418 e. The zero-order valence-corrected chi connectivity index (χ0v) is 17.4. The predicted molar refractivity (Wildman–Crippen MR) is 104 cm³/mol. The summed E-state index contributed by atoms with van der Waals surface area (Å²) < 4.78 is 39.0. The van der Waals surface area contributed by atoms with Crippen molar-refractivity contribution < 1.29 is 17.3 Å². The van der Waals surface area contributed by atoms with Crippen LogP contribution in [0.15, 0.2) is 0 Å². The first-order valence-corrected chi connectivity index (χ1v) is 10.4. The van der Waals surface area contributed by atoms with E-state index in [4.69, 9.17) is 0 Å². The third-order valence-corrected chi connectivity index (χ3v) is 5.67. The van der Waals surface area contributed by atoms with Gasteiger partial charge in [-0.05, 0) is 36.8 Å². The van der Waals surface area contributed by atoms with Crippen molar-refractivity contribution in [1.82, 2.24) is 0 Å². The van der Waals surface area contributed by atoms with E-state index in [1.54, 1.807) is 0 Å². The van der Waals surface area contributed by atoms with Gasteiger partial charge in [0.25, 0.3) is 0 Å². The predicted octanol–water partition coefficient (Wildman–Crippen LogP) is 8.28. The van der Waals surface area contributed by atoms with E-state index in [1.807, 2.05) is 0 Å². The van der Waals surface area contributed by atoms with Crippen LogP contribution in [-0.4, -0.2) is 12.4 Å². The molecule has 0 saturated carbocycles. The van der Waals surface area contributed by atoms with Gasteiger partial charge in [-0.15, -0.1) is 9.24 Å². The lowest BCUT2D eigenvalue weighted by molar-refractivity contribution is 0.276. The van der Waals surface area contributed by atoms with Crippen LogP contribution in [-0.2, 0) is 0 Å². The number of hydrogen-bond acceptors (Lipinski definition) is 0. The van der Waals surface area contributed by atoms with Gasteiger partial charge in [0.15, 0.2) is 0 Å². The average molecular weight is 373 g/mol. The molecular formula is C18H39BF4P-. The third kappa shape index (κ3) is 17.1. The Morgan fingerprint density at radius 1 is 0.708 bits per heavy atom. The Labute approximate surface area is 150 Å². The summed E-state index contributed by atoms with van der Waals surface area (Å²) in [5.41, 5.74) is 0. The number of unbranched alkanes of at least 4 members (excludes halogenated alkanes) is 4. The van der Waals surface area contributed by atoms with E-state index < -0.39 is 7.25 Å². The van der Waals surface area contributed by atoms with Crippen molar-refractivity contribution in [3.05, 3.63) is 0 Å². The van der Waals surface area contributed by atoms with E-state index >= 15 is 0 Å². The zero-order chi connectivity index (χ0) is 19.1. The lowest BCUT2D eigenvalue weighted by Crippen LogP contribution is -2.32. The van der Waals surface area contributed by atoms with Crippen LogP contribution in [0, 0.1) is 5.92 Å². The molecule has 6 heteroatoms. The van der Waals surface area contributed by atoms with E-state index in [1.165, 1.54) is 77.0 Å². The second-order valence-corrected chi connectivity index (χ2v) is 8.07. The maximum Gasteiger partial charge on any atom is 0.673 e. The highest BCUT2D eigenvalue weighted by molar-refractivity contribution is 7.19. The summed E-state index contributed by atoms with van der Waals surface area (Å²) in [4.78, 5) is 0. The molecule has 1 atom stereocenters. The number of rotatable bonds is 13. The molecule has 1 unspecified atom stereocenters. The highest BCUT2D eigenvalue weighted by atomic mass is 31.0. The zero-order valence-electron chi connectivity index (χ0n) is 16.2. The van der Waals surface area contributed by atoms with Crippen LogP contribution in [0.4, 0.5) is 17.3 Å². The van der Waals surface area contributed by atoms with Gasteiger partial charge in [0.1, 0.15) is 0 Å². The Hall–Kier alpha value is 0.215. The lowest BCUT2D eigenvalue weighted by Gasteiger charge is -2.38. The molecule has 0 aromatic carbocycles. The molecule has 0 heterocycles. The smallest absolute Gasteiger partial charge is 0.418 e. The molecular weight excluding hydrogens is 334 g/mol. The largest absolute Gasteiger partial charge is 0.673 e. The van der Waals surface area contributed by atoms with E-state index in [0.717, 1.165) is 5.92 Å². The van der Waals surface area contributed by atoms with Gasteiger partial charge in [0.05, 0.1) is 0 Å². The van der Waals surface area contributed by atoms with Gasteiger partial charge >= 0.3 is 7.25 Å². The van der Waals surface area contributed by atoms with Gasteiger partial charge in [0, 0.05) is 0 Å². The Bertz CT molecular complexity index is 250. The maximum atomic E-state index is 9.75. The monoisotopic (exact) mass is 373 g/mol. The molecule has 0 N–H and O–H groups in total. The first-order valence-electron chi connectivity index (χ1n) is 9.80. The summed E-state index contributed by atoms with van der Waals surface area (Å²) in [6.45, 7) is 9.33. The Balaban J connectivity index is 0. The van der Waals surface area contributed by atoms with Crippen molar-refractivity contribution in [3.8, 4) is 0 Å². The Morgan fingerprint density at radius 3 is 1.25 bits per heavy atom. The molecule has 0 radical (unpaired) electrons. The van der Waals surface area contributed by atoms with Crippen LogP contribution in [0.1, 0.15) is 105 Å². The molecule has 0 aliphatic heterocycles. The normalized spacial score (nSPS) is 12.2. The quantitative estimate of drug-likeness (QED) is 0.173. The van der Waals surface area contributed by atoms with Crippen molar-refractivity contribution in [2.75, 3.05) is 0 Å². The molecule has 0 bridgehead atoms. The van der Waals surface area contributed by atoms with E-state index in [-0.39, 0.29) is 0 Å². The molecule has 24 heavy (non-hydrogen) atoms. The minimum atomic E-state index is -6.00. The summed E-state index contributed by atoms with van der Waals surface area (Å²) >= 11 is 0. The van der Waals surface area contributed by atoms with Gasteiger partial charge in [-0.25, -0.2) is 0 Å². The summed E-state index contributed by atoms with van der Waals surface area (Å²) in [6, 6.07) is 0. The highest BCUT2D eigenvalue weighted by Crippen LogP contribution is 2.43. The standard InChI is InChI=1S/C18H39P.BF4/c1-5-9-13-17(14-10-6-2)18(19,15-11-7-3)16-12-8-4;2-1(3,4)5/h17H,5-16,19H2,1-4H3;/q;-1. The van der Waals surface area contributed by atoms with E-state index in [0.29, 0.717) is 5.16 Å². The Morgan fingerprint density at radius 2 is 1.00 bits per heavy atom. The topological polar surface area (TPSA) is 0 Å². The second-order valence-electron chi connectivity index (χ2n) is 6.92. The highest BCUT2D eigenvalue weighted by Gasteiger charge is 2.32. The van der Waals surface area contributed by atoms with E-state index in [2.05, 4.69) is 36.9 Å². The van der Waals surface area contributed by atoms with Gasteiger partial charge in [-0.3, -0.25) is 0 Å². The summed E-state index contributed by atoms with van der Waals surface area (Å²) in [5, 5.41) is 0.538. The number of hydrogen-bond donors (Lipinski definition) is 0. The van der Waals surface area contributed by atoms with Gasteiger partial charge in [-0.1, -0.05) is 79.1 Å². The molecule has 0 amide bonds. The molecule has 0 rings (SSSR count). The van der Waals surface area contributed by atoms with Crippen LogP contribution in [0.2, 0.25) is 0 Å². The van der Waals surface area contributed by atoms with Crippen molar-refractivity contribution in [1.29, 1.82) is 0 Å². The van der Waals surface area contributed by atoms with Crippen molar-refractivity contribution >= 4 is 16.5 Å². The molecule has 148 valence electrons. The van der Waals surface area contributed by atoms with Crippen molar-refractivity contribution in [2.24, 2.45) is 5.92 Å². The summed E-state index contributed by atoms with van der Waals surface area (Å²) in [7, 11) is -2.68. The van der Waals surface area contributed by atoms with Crippen LogP contribution < -0.4 is 0 Å². The lowest BCUT2D eigenvalue weighted by atomic mass is 9.77. The first kappa shape index (κ1) is 26.4. The molecule has 0 nitrogen and oxygen atoms in total. The maximum absolute atomic E-state index is 9.75. The third-order valence-electron chi connectivity index (χ3n) is 4.62. The molecule has 0 fully saturated rings. The Kier molecular flexibility index (Phi) is 17.0. The fraction of sp³-hybridized carbons (Fsp3) is 1.00. The molecule has 0 aromatic rings. The molecule has 0 aliphatic rings. The van der Waals surface area contributed by atoms with Gasteiger partial charge in [0.2, 0.25) is 0 Å². The molecule has 0 aliphatic carbocycles. The first-order chi connectivity index (χ1) is 11.1. The summed E-state index contributed by atoms with van der Waals surface area (Å²) in [6.07, 6.45) is 16.8. The van der Waals surface area contributed by atoms with Crippen LogP contribution in [0.3, 0.4) is 0 Å². The van der Waals surface area contributed by atoms with Crippen molar-refractivity contribution in [2.45, 2.75) is 110 Å². The molecule has 0 aromatic heterocycles. The fourth-order valence-electron chi connectivity index (χ4n) is 3.17. The van der Waals surface area contributed by atoms with Crippen LogP contribution in [0.25, 0.3) is 0 Å². The van der Waals surface area contributed by atoms with Crippen LogP contribution >= 0.6 is 9.24 Å².